The van der Waals surface area contributed by atoms with Crippen LogP contribution >= 0.6 is 0 Å². The summed E-state index contributed by atoms with van der Waals surface area (Å²) < 4.78 is 14.2. The number of nitrogens with zero attached hydrogens (tertiary/aromatic N) is 5. The van der Waals surface area contributed by atoms with Gasteiger partial charge < -0.3 is 34.3 Å². The van der Waals surface area contributed by atoms with Crippen LogP contribution in [-0.2, 0) is 52.8 Å². The molecule has 2 aromatic heterocycles. The van der Waals surface area contributed by atoms with Crippen molar-refractivity contribution in [3.05, 3.63) is 84.2 Å². The molecule has 3 saturated heterocycles. The molecule has 0 radical (unpaired) electrons. The van der Waals surface area contributed by atoms with Crippen LogP contribution in [0.1, 0.15) is 90.2 Å². The number of carbonyl (C=O) groups is 5. The average Bonchev–Trinajstić information content (AvgIpc) is 3.99. The number of aryl methyl sites for hydroxylation is 1. The van der Waals surface area contributed by atoms with Crippen LogP contribution in [0, 0.1) is 16.7 Å². The number of benzene rings is 2. The number of fused-ring (bicyclic) bond motifs is 6. The number of carbonyl (C=O) groups excluding carboxylic acids is 5. The van der Waals surface area contributed by atoms with Crippen LogP contribution in [0.4, 0.5) is 0 Å². The molecule has 5 atom stereocenters. The predicted molar refractivity (Wildman–Crippen MR) is 254 cm³/mol. The molecule has 4 aliphatic rings. The molecular formula is C52H65N7O8. The van der Waals surface area contributed by atoms with Gasteiger partial charge in [0, 0.05) is 74.3 Å². The minimum atomic E-state index is -1.15. The number of esters is 1. The average molecular weight is 916 g/mol. The van der Waals surface area contributed by atoms with Gasteiger partial charge >= 0.3 is 5.97 Å². The molecule has 0 aliphatic carbocycles. The molecular weight excluding hydrogens is 851 g/mol. The molecule has 6 heterocycles. The lowest BCUT2D eigenvalue weighted by Crippen LogP contribution is -2.62. The first kappa shape index (κ1) is 47.4. The highest BCUT2D eigenvalue weighted by Gasteiger charge is 2.54. The van der Waals surface area contributed by atoms with Gasteiger partial charge in [-0.15, -0.1) is 0 Å². The molecule has 4 amide bonds. The van der Waals surface area contributed by atoms with Crippen molar-refractivity contribution in [1.82, 2.24) is 35.1 Å². The Labute approximate surface area is 392 Å². The molecule has 8 rings (SSSR count). The summed E-state index contributed by atoms with van der Waals surface area (Å²) >= 11 is 0. The Hall–Kier alpha value is -6.06. The van der Waals surface area contributed by atoms with E-state index < -0.39 is 46.7 Å². The van der Waals surface area contributed by atoms with Crippen molar-refractivity contribution in [1.29, 1.82) is 0 Å². The van der Waals surface area contributed by atoms with Crippen LogP contribution in [0.2, 0.25) is 0 Å². The van der Waals surface area contributed by atoms with Gasteiger partial charge in [-0.05, 0) is 117 Å². The molecule has 0 saturated carbocycles. The van der Waals surface area contributed by atoms with E-state index >= 15 is 0 Å². The lowest BCUT2D eigenvalue weighted by molar-refractivity contribution is -0.155. The van der Waals surface area contributed by atoms with Gasteiger partial charge in [-0.25, -0.2) is 5.43 Å². The number of phenolic OH excluding ortho intramolecular Hbond substituents is 1. The van der Waals surface area contributed by atoms with Gasteiger partial charge in [0.15, 0.2) is 0 Å². The Balaban J connectivity index is 1.20. The molecule has 15 nitrogen and oxygen atoms in total. The number of hydrogen-bond acceptors (Lipinski definition) is 10. The summed E-state index contributed by atoms with van der Waals surface area (Å²) in [6.45, 7) is 17.7. The maximum Gasteiger partial charge on any atom is 0.324 e. The van der Waals surface area contributed by atoms with E-state index in [2.05, 4.69) is 60.9 Å². The molecule has 4 aromatic rings. The third-order valence-electron chi connectivity index (χ3n) is 14.3. The van der Waals surface area contributed by atoms with Crippen LogP contribution in [-0.4, -0.2) is 117 Å². The van der Waals surface area contributed by atoms with Crippen molar-refractivity contribution in [2.75, 3.05) is 39.9 Å². The van der Waals surface area contributed by atoms with E-state index in [0.717, 1.165) is 44.5 Å². The lowest BCUT2D eigenvalue weighted by Gasteiger charge is -2.37. The highest BCUT2D eigenvalue weighted by molar-refractivity contribution is 5.97. The van der Waals surface area contributed by atoms with E-state index in [1.807, 2.05) is 39.0 Å². The number of rotatable bonds is 9. The summed E-state index contributed by atoms with van der Waals surface area (Å²) in [6.07, 6.45) is 5.24. The fourth-order valence-electron chi connectivity index (χ4n) is 10.8. The van der Waals surface area contributed by atoms with Crippen LogP contribution in [0.5, 0.6) is 5.75 Å². The van der Waals surface area contributed by atoms with E-state index in [-0.39, 0.29) is 55.7 Å². The second-order valence-electron chi connectivity index (χ2n) is 20.0. The van der Waals surface area contributed by atoms with Crippen molar-refractivity contribution in [2.24, 2.45) is 16.7 Å². The van der Waals surface area contributed by atoms with Crippen molar-refractivity contribution in [3.8, 4) is 28.1 Å². The minimum absolute atomic E-state index is 0.000101. The van der Waals surface area contributed by atoms with E-state index in [1.165, 1.54) is 11.1 Å². The van der Waals surface area contributed by atoms with Crippen molar-refractivity contribution >= 4 is 40.5 Å². The van der Waals surface area contributed by atoms with E-state index in [4.69, 9.17) is 14.5 Å². The highest BCUT2D eigenvalue weighted by Crippen LogP contribution is 2.44. The quantitative estimate of drug-likeness (QED) is 0.131. The van der Waals surface area contributed by atoms with Crippen LogP contribution in [0.25, 0.3) is 33.3 Å². The summed E-state index contributed by atoms with van der Waals surface area (Å²) in [7, 11) is 1.67. The Bertz CT molecular complexity index is 2600. The molecule has 67 heavy (non-hydrogen) atoms. The molecule has 6 bridgehead atoms. The van der Waals surface area contributed by atoms with Gasteiger partial charge in [-0.3, -0.25) is 34.0 Å². The minimum Gasteiger partial charge on any atom is -0.508 e. The standard InChI is InChI=1S/C52H65N7O8/c1-9-43(61)56-21-17-52(29-56)18-22-58(50(52)65)45(31(3)4)47(62)54-41-25-33-23-35(26-36(60)24-33)34-15-16-42-38(27-34)39(46(57(42)10-2)37-13-11-19-53-44(37)32(5)66-8)28-51(6,7)30-67-49(64)40-14-12-20-59(55-40)48(41)63/h9,11,13,15-16,19,23-24,26-27,31-32,40-41,45,55,60H,1,10,12,14,17-18,20-22,25,28-30H2,2-8H3,(H,54,62)/t32-,40-,41-,45?,52+/m0/s1. The molecule has 4 aliphatic heterocycles. The first-order chi connectivity index (χ1) is 32.0. The number of hydrogen-bond donors (Lipinski definition) is 3. The molecule has 356 valence electrons. The number of hydrazine groups is 1. The second kappa shape index (κ2) is 18.9. The number of phenols is 1. The number of aromatic nitrogens is 2. The number of aromatic hydroxyl groups is 1. The number of pyridine rings is 1. The smallest absolute Gasteiger partial charge is 0.324 e. The molecule has 3 N–H and O–H groups in total. The van der Waals surface area contributed by atoms with Gasteiger partial charge in [0.05, 0.1) is 29.5 Å². The fraction of sp³-hybridized carbons (Fsp3) is 0.500. The molecule has 1 unspecified atom stereocenters. The normalized spacial score (nSPS) is 23.1. The first-order valence-corrected chi connectivity index (χ1v) is 23.7. The third kappa shape index (κ3) is 9.19. The highest BCUT2D eigenvalue weighted by atomic mass is 16.5. The van der Waals surface area contributed by atoms with Crippen molar-refractivity contribution in [2.45, 2.75) is 111 Å². The van der Waals surface area contributed by atoms with Gasteiger partial charge in [0.2, 0.25) is 17.7 Å². The van der Waals surface area contributed by atoms with Crippen LogP contribution < -0.4 is 10.7 Å². The molecule has 3 fully saturated rings. The fourth-order valence-corrected chi connectivity index (χ4v) is 10.8. The Kier molecular flexibility index (Phi) is 13.4. The predicted octanol–water partition coefficient (Wildman–Crippen LogP) is 6.11. The van der Waals surface area contributed by atoms with Crippen molar-refractivity contribution in [3.63, 3.8) is 0 Å². The lowest BCUT2D eigenvalue weighted by atomic mass is 9.84. The topological polar surface area (TPSA) is 176 Å². The SMILES string of the molecule is C=CC(=O)N1CC[C@@]2(CCN(C(C(=O)N[C@H]3Cc4cc(O)cc(c4)-c4ccc5c(c4)c(c(-c4cccnc4[C@H](C)OC)n5CC)CC(C)(C)COC(=O)[C@@H]4CCCN(N4)C3=O)C(C)C)C2=O)C1. The van der Waals surface area contributed by atoms with Gasteiger partial charge in [0.1, 0.15) is 23.9 Å². The number of amides is 4. The summed E-state index contributed by atoms with van der Waals surface area (Å²) in [5.74, 6) is -2.16. The van der Waals surface area contributed by atoms with E-state index in [1.54, 1.807) is 35.2 Å². The van der Waals surface area contributed by atoms with Crippen LogP contribution in [0.3, 0.4) is 0 Å². The van der Waals surface area contributed by atoms with Crippen molar-refractivity contribution < 1.29 is 38.6 Å². The Morgan fingerprint density at radius 3 is 2.57 bits per heavy atom. The third-order valence-corrected chi connectivity index (χ3v) is 14.3. The van der Waals surface area contributed by atoms with Gasteiger partial charge in [0.25, 0.3) is 5.91 Å². The molecule has 15 heteroatoms. The summed E-state index contributed by atoms with van der Waals surface area (Å²) in [5.41, 5.74) is 8.79. The van der Waals surface area contributed by atoms with E-state index in [0.29, 0.717) is 57.3 Å². The number of likely N-dealkylation sites (tertiary alicyclic amines) is 2. The number of ether oxygens (including phenoxy) is 2. The summed E-state index contributed by atoms with van der Waals surface area (Å²) in [6, 6.07) is 12.6. The summed E-state index contributed by atoms with van der Waals surface area (Å²) in [4.78, 5) is 78.3. The zero-order valence-electron chi connectivity index (χ0n) is 39.9. The van der Waals surface area contributed by atoms with E-state index in [9.17, 15) is 29.1 Å². The van der Waals surface area contributed by atoms with Gasteiger partial charge in [-0.1, -0.05) is 46.4 Å². The Morgan fingerprint density at radius 2 is 1.84 bits per heavy atom. The maximum atomic E-state index is 14.8. The number of nitrogens with one attached hydrogen (secondary N) is 2. The first-order valence-electron chi connectivity index (χ1n) is 23.7. The van der Waals surface area contributed by atoms with Crippen LogP contribution in [0.15, 0.2) is 67.4 Å². The maximum absolute atomic E-state index is 14.8. The molecule has 1 spiro atoms. The van der Waals surface area contributed by atoms with Gasteiger partial charge in [-0.2, -0.15) is 0 Å². The summed E-state index contributed by atoms with van der Waals surface area (Å²) in [5, 5.41) is 16.8. The number of methoxy groups -OCH3 is 1. The number of cyclic esters (lactones) is 1. The Morgan fingerprint density at radius 1 is 1.06 bits per heavy atom. The largest absolute Gasteiger partial charge is 0.508 e. The zero-order valence-corrected chi connectivity index (χ0v) is 39.9. The molecule has 2 aromatic carbocycles. The second-order valence-corrected chi connectivity index (χ2v) is 20.0. The monoisotopic (exact) mass is 915 g/mol. The zero-order chi connectivity index (χ0) is 47.9.